The SMILES string of the molecule is C[C@@H]1CC[C@@]2(OC1)O[C@H]1C[C@H]3[C@@H]4CC=C5C[C@@H](OCC[C@@H](CO)CO[C@@H]6O[C@H](CO)[C@@H](O)[C@H](O)[C@H]6O)CC[C@]5(C)[C@H]4CC[C@]3(C)[C@H]1[C@@H]2C. The van der Waals surface area contributed by atoms with Gasteiger partial charge in [0.25, 0.3) is 0 Å². The Labute approximate surface area is 286 Å². The van der Waals surface area contributed by atoms with Gasteiger partial charge in [0.05, 0.1) is 32.0 Å². The Kier molecular flexibility index (Phi) is 10.2. The van der Waals surface area contributed by atoms with Gasteiger partial charge in [-0.05, 0) is 98.2 Å². The van der Waals surface area contributed by atoms with E-state index in [1.54, 1.807) is 5.57 Å². The molecule has 5 N–H and O–H groups in total. The zero-order chi connectivity index (χ0) is 34.0. The highest BCUT2D eigenvalue weighted by atomic mass is 16.7. The molecule has 0 bridgehead atoms. The van der Waals surface area contributed by atoms with Crippen molar-refractivity contribution in [2.24, 2.45) is 52.3 Å². The van der Waals surface area contributed by atoms with Gasteiger partial charge in [0.2, 0.25) is 0 Å². The average molecular weight is 679 g/mol. The Hall–Kier alpha value is -0.660. The van der Waals surface area contributed by atoms with Crippen molar-refractivity contribution in [1.82, 2.24) is 0 Å². The molecule has 48 heavy (non-hydrogen) atoms. The first kappa shape index (κ1) is 35.7. The van der Waals surface area contributed by atoms with E-state index in [4.69, 9.17) is 23.7 Å². The van der Waals surface area contributed by atoms with Gasteiger partial charge >= 0.3 is 0 Å². The topological polar surface area (TPSA) is 147 Å². The molecular formula is C38H62O10. The highest BCUT2D eigenvalue weighted by molar-refractivity contribution is 5.26. The maximum Gasteiger partial charge on any atom is 0.186 e. The summed E-state index contributed by atoms with van der Waals surface area (Å²) in [7, 11) is 0. The van der Waals surface area contributed by atoms with Crippen LogP contribution in [0.1, 0.15) is 91.9 Å². The predicted octanol–water partition coefficient (Wildman–Crippen LogP) is 3.55. The van der Waals surface area contributed by atoms with Crippen LogP contribution < -0.4 is 0 Å². The van der Waals surface area contributed by atoms with Crippen molar-refractivity contribution in [2.75, 3.05) is 33.0 Å². The van der Waals surface area contributed by atoms with Crippen molar-refractivity contribution < 1.29 is 49.2 Å². The smallest absolute Gasteiger partial charge is 0.186 e. The Morgan fingerprint density at radius 1 is 0.958 bits per heavy atom. The second-order valence-electron chi connectivity index (χ2n) is 17.4. The molecule has 4 aliphatic carbocycles. The number of allylic oxidation sites excluding steroid dienone is 1. The van der Waals surface area contributed by atoms with Crippen LogP contribution in [0.3, 0.4) is 0 Å². The molecule has 0 amide bonds. The molecule has 0 radical (unpaired) electrons. The Bertz CT molecular complexity index is 1150. The van der Waals surface area contributed by atoms with E-state index in [-0.39, 0.29) is 36.4 Å². The number of ether oxygens (including phenoxy) is 5. The quantitative estimate of drug-likeness (QED) is 0.230. The molecule has 7 rings (SSSR count). The molecule has 10 heteroatoms. The summed E-state index contributed by atoms with van der Waals surface area (Å²) in [5.74, 6) is 3.20. The molecule has 3 aliphatic heterocycles. The fourth-order valence-electron chi connectivity index (χ4n) is 11.9. The number of fused-ring (bicyclic) bond motifs is 7. The molecular weight excluding hydrogens is 616 g/mol. The van der Waals surface area contributed by atoms with Crippen LogP contribution in [0.5, 0.6) is 0 Å². The average Bonchev–Trinajstić information content (AvgIpc) is 3.53. The molecule has 1 spiro atoms. The third kappa shape index (κ3) is 5.96. The molecule has 0 aromatic heterocycles. The first-order valence-electron chi connectivity index (χ1n) is 19.1. The molecule has 0 aromatic carbocycles. The zero-order valence-electron chi connectivity index (χ0n) is 29.5. The van der Waals surface area contributed by atoms with Crippen molar-refractivity contribution in [3.63, 3.8) is 0 Å². The fourth-order valence-corrected chi connectivity index (χ4v) is 11.9. The van der Waals surface area contributed by atoms with Crippen LogP contribution in [0.15, 0.2) is 11.6 Å². The Balaban J connectivity index is 0.920. The van der Waals surface area contributed by atoms with E-state index in [0.717, 1.165) is 38.7 Å². The van der Waals surface area contributed by atoms with Gasteiger partial charge in [-0.2, -0.15) is 0 Å². The zero-order valence-corrected chi connectivity index (χ0v) is 29.5. The molecule has 3 heterocycles. The van der Waals surface area contributed by atoms with Crippen LogP contribution in [0.4, 0.5) is 0 Å². The first-order chi connectivity index (χ1) is 22.9. The molecule has 3 saturated heterocycles. The second kappa shape index (κ2) is 13.7. The lowest BCUT2D eigenvalue weighted by atomic mass is 9.47. The molecule has 3 saturated carbocycles. The van der Waals surface area contributed by atoms with Crippen LogP contribution in [-0.4, -0.2) is 107 Å². The molecule has 10 nitrogen and oxygen atoms in total. The minimum atomic E-state index is -1.49. The summed E-state index contributed by atoms with van der Waals surface area (Å²) in [5.41, 5.74) is 2.13. The van der Waals surface area contributed by atoms with Gasteiger partial charge in [-0.15, -0.1) is 0 Å². The predicted molar refractivity (Wildman–Crippen MR) is 176 cm³/mol. The summed E-state index contributed by atoms with van der Waals surface area (Å²) in [6.45, 7) is 10.7. The van der Waals surface area contributed by atoms with Crippen LogP contribution in [0, 0.1) is 52.3 Å². The van der Waals surface area contributed by atoms with Crippen molar-refractivity contribution in [1.29, 1.82) is 0 Å². The minimum absolute atomic E-state index is 0.0956. The van der Waals surface area contributed by atoms with Gasteiger partial charge in [0.1, 0.15) is 24.4 Å². The lowest BCUT2D eigenvalue weighted by Gasteiger charge is -2.58. The standard InChI is InChI=1S/C38H62O10/c1-21-7-13-38(46-19-21)22(2)31-29(48-38)16-28-26-6-5-24-15-25(8-11-36(24,3)27(26)9-12-37(28,31)4)44-14-10-23(17-39)20-45-35-34(43)33(42)32(41)30(18-40)47-35/h5,21-23,25-35,39-43H,6-20H2,1-4H3/t21-,22+,23+,25+,26-,27+,28+,29+,30-,31+,32-,33+,34-,35-,36+,37+,38-/m1/s1. The molecule has 7 aliphatic rings. The summed E-state index contributed by atoms with van der Waals surface area (Å²) in [5, 5.41) is 49.7. The summed E-state index contributed by atoms with van der Waals surface area (Å²) < 4.78 is 31.0. The van der Waals surface area contributed by atoms with Crippen molar-refractivity contribution in [3.8, 4) is 0 Å². The number of hydrogen-bond acceptors (Lipinski definition) is 10. The molecule has 274 valence electrons. The molecule has 0 aromatic rings. The van der Waals surface area contributed by atoms with Crippen LogP contribution >= 0.6 is 0 Å². The number of rotatable bonds is 9. The third-order valence-corrected chi connectivity index (χ3v) is 14.8. The van der Waals surface area contributed by atoms with Crippen LogP contribution in [-0.2, 0) is 23.7 Å². The van der Waals surface area contributed by atoms with Gasteiger partial charge in [-0.25, -0.2) is 0 Å². The van der Waals surface area contributed by atoms with Gasteiger partial charge < -0.3 is 49.2 Å². The van der Waals surface area contributed by atoms with E-state index in [9.17, 15) is 25.5 Å². The van der Waals surface area contributed by atoms with Crippen molar-refractivity contribution >= 4 is 0 Å². The highest BCUT2D eigenvalue weighted by Gasteiger charge is 2.68. The fraction of sp³-hybridized carbons (Fsp3) is 0.947. The minimum Gasteiger partial charge on any atom is -0.396 e. The molecule has 0 unspecified atom stereocenters. The van der Waals surface area contributed by atoms with E-state index in [1.165, 1.54) is 25.7 Å². The second-order valence-corrected chi connectivity index (χ2v) is 17.4. The number of hydrogen-bond donors (Lipinski definition) is 5. The maximum atomic E-state index is 10.3. The summed E-state index contributed by atoms with van der Waals surface area (Å²) in [6, 6.07) is 0. The van der Waals surface area contributed by atoms with E-state index >= 15 is 0 Å². The van der Waals surface area contributed by atoms with Crippen molar-refractivity contribution in [2.45, 2.75) is 141 Å². The van der Waals surface area contributed by atoms with Gasteiger partial charge in [-0.1, -0.05) is 39.3 Å². The van der Waals surface area contributed by atoms with Gasteiger partial charge in [-0.3, -0.25) is 0 Å². The first-order valence-corrected chi connectivity index (χ1v) is 19.1. The van der Waals surface area contributed by atoms with Crippen molar-refractivity contribution in [3.05, 3.63) is 11.6 Å². The van der Waals surface area contributed by atoms with Crippen LogP contribution in [0.25, 0.3) is 0 Å². The lowest BCUT2D eigenvalue weighted by Crippen LogP contribution is -2.59. The summed E-state index contributed by atoms with van der Waals surface area (Å²) in [6.07, 6.45) is 7.40. The Morgan fingerprint density at radius 2 is 1.77 bits per heavy atom. The summed E-state index contributed by atoms with van der Waals surface area (Å²) >= 11 is 0. The van der Waals surface area contributed by atoms with Gasteiger partial charge in [0, 0.05) is 31.5 Å². The Morgan fingerprint density at radius 3 is 2.50 bits per heavy atom. The highest BCUT2D eigenvalue weighted by Crippen LogP contribution is 2.70. The summed E-state index contributed by atoms with van der Waals surface area (Å²) in [4.78, 5) is 0. The van der Waals surface area contributed by atoms with E-state index in [1.807, 2.05) is 0 Å². The largest absolute Gasteiger partial charge is 0.396 e. The maximum absolute atomic E-state index is 10.3. The molecule has 17 atom stereocenters. The number of aliphatic hydroxyl groups is 5. The molecule has 6 fully saturated rings. The van der Waals surface area contributed by atoms with Crippen LogP contribution in [0.2, 0.25) is 0 Å². The van der Waals surface area contributed by atoms with Gasteiger partial charge in [0.15, 0.2) is 12.1 Å². The van der Waals surface area contributed by atoms with E-state index in [0.29, 0.717) is 60.1 Å². The lowest BCUT2D eigenvalue weighted by molar-refractivity contribution is -0.303. The van der Waals surface area contributed by atoms with E-state index in [2.05, 4.69) is 33.8 Å². The number of aliphatic hydroxyl groups excluding tert-OH is 5. The van der Waals surface area contributed by atoms with E-state index < -0.39 is 37.3 Å². The third-order valence-electron chi connectivity index (χ3n) is 14.8. The monoisotopic (exact) mass is 678 g/mol. The normalized spacial score (nSPS) is 52.3.